The van der Waals surface area contributed by atoms with E-state index in [0.717, 1.165) is 40.5 Å². The van der Waals surface area contributed by atoms with E-state index in [0.29, 0.717) is 6.04 Å². The van der Waals surface area contributed by atoms with Gasteiger partial charge in [-0.25, -0.2) is 4.99 Å². The molecule has 7 heteroatoms. The number of aliphatic imine (C=N–C) groups is 1. The Morgan fingerprint density at radius 2 is 2.04 bits per heavy atom. The number of thioether (sulfide) groups is 1. The Bertz CT molecular complexity index is 837. The third-order valence-electron chi connectivity index (χ3n) is 5.00. The maximum atomic E-state index is 12.7. The first kappa shape index (κ1) is 14.8. The summed E-state index contributed by atoms with van der Waals surface area (Å²) in [6.07, 6.45) is 6.57. The van der Waals surface area contributed by atoms with Crippen LogP contribution in [0.2, 0.25) is 0 Å². The van der Waals surface area contributed by atoms with Crippen LogP contribution in [0, 0.1) is 6.92 Å². The zero-order valence-corrected chi connectivity index (χ0v) is 14.5. The van der Waals surface area contributed by atoms with Gasteiger partial charge in [-0.3, -0.25) is 19.3 Å². The fourth-order valence-electron chi connectivity index (χ4n) is 3.63. The van der Waals surface area contributed by atoms with Crippen LogP contribution in [0.5, 0.6) is 0 Å². The molecule has 0 amide bonds. The number of hydrogen-bond acceptors (Lipinski definition) is 4. The van der Waals surface area contributed by atoms with Crippen molar-refractivity contribution in [1.29, 1.82) is 0 Å². The second kappa shape index (κ2) is 5.40. The molecule has 1 N–H and O–H groups in total. The summed E-state index contributed by atoms with van der Waals surface area (Å²) >= 11 is 1.64. The van der Waals surface area contributed by atoms with Crippen molar-refractivity contribution >= 4 is 22.6 Å². The molecule has 4 rings (SSSR count). The van der Waals surface area contributed by atoms with E-state index >= 15 is 0 Å². The van der Waals surface area contributed by atoms with Crippen LogP contribution in [0.1, 0.15) is 60.7 Å². The van der Waals surface area contributed by atoms with Gasteiger partial charge in [-0.2, -0.15) is 5.10 Å². The first-order valence-electron chi connectivity index (χ1n) is 8.11. The van der Waals surface area contributed by atoms with E-state index in [4.69, 9.17) is 4.99 Å². The monoisotopic (exact) mass is 331 g/mol. The predicted molar refractivity (Wildman–Crippen MR) is 92.7 cm³/mol. The maximum Gasteiger partial charge on any atom is 0.271 e. The zero-order valence-electron chi connectivity index (χ0n) is 13.7. The van der Waals surface area contributed by atoms with E-state index in [1.165, 1.54) is 12.8 Å². The second-order valence-corrected chi connectivity index (χ2v) is 7.72. The van der Waals surface area contributed by atoms with Crippen LogP contribution in [-0.2, 0) is 7.05 Å². The predicted octanol–water partition coefficient (Wildman–Crippen LogP) is 3.22. The average molecular weight is 331 g/mol. The van der Waals surface area contributed by atoms with Gasteiger partial charge >= 0.3 is 0 Å². The molecule has 6 nitrogen and oxygen atoms in total. The number of fused-ring (bicyclic) bond motifs is 1. The molecule has 0 bridgehead atoms. The smallest absolute Gasteiger partial charge is 0.271 e. The zero-order chi connectivity index (χ0) is 16.1. The van der Waals surface area contributed by atoms with Gasteiger partial charge in [0.05, 0.1) is 28.1 Å². The van der Waals surface area contributed by atoms with Crippen LogP contribution in [-0.4, -0.2) is 24.6 Å². The van der Waals surface area contributed by atoms with E-state index in [9.17, 15) is 4.79 Å². The van der Waals surface area contributed by atoms with Crippen molar-refractivity contribution < 1.29 is 0 Å². The van der Waals surface area contributed by atoms with Gasteiger partial charge in [-0.1, -0.05) is 24.6 Å². The lowest BCUT2D eigenvalue weighted by Gasteiger charge is -2.21. The van der Waals surface area contributed by atoms with E-state index < -0.39 is 0 Å². The molecule has 0 unspecified atom stereocenters. The summed E-state index contributed by atoms with van der Waals surface area (Å²) in [5, 5.41) is 8.38. The second-order valence-electron chi connectivity index (χ2n) is 6.42. The van der Waals surface area contributed by atoms with Gasteiger partial charge in [0.1, 0.15) is 0 Å². The third kappa shape index (κ3) is 2.29. The Kier molecular flexibility index (Phi) is 3.48. The molecule has 122 valence electrons. The fraction of sp³-hybridized carbons (Fsp3) is 0.562. The summed E-state index contributed by atoms with van der Waals surface area (Å²) < 4.78 is 3.88. The van der Waals surface area contributed by atoms with Gasteiger partial charge in [0.25, 0.3) is 5.56 Å². The van der Waals surface area contributed by atoms with Crippen molar-refractivity contribution in [3.05, 3.63) is 33.4 Å². The van der Waals surface area contributed by atoms with E-state index in [1.54, 1.807) is 11.8 Å². The SMILES string of the molecule is CC1=Nc2c(c(=O)[nH]n2C2CCCC2)[C@H](c2cnn(C)c2C)S1. The molecule has 1 aliphatic heterocycles. The molecule has 0 aromatic carbocycles. The Hall–Kier alpha value is -1.76. The number of hydrogen-bond donors (Lipinski definition) is 1. The summed E-state index contributed by atoms with van der Waals surface area (Å²) in [6, 6.07) is 0.377. The largest absolute Gasteiger partial charge is 0.273 e. The minimum atomic E-state index is -0.0254. The molecule has 2 aromatic rings. The number of aromatic nitrogens is 4. The molecule has 1 atom stereocenters. The summed E-state index contributed by atoms with van der Waals surface area (Å²) in [6.45, 7) is 4.06. The summed E-state index contributed by atoms with van der Waals surface area (Å²) in [5.41, 5.74) is 2.96. The lowest BCUT2D eigenvalue weighted by molar-refractivity contribution is 0.468. The maximum absolute atomic E-state index is 12.7. The van der Waals surface area contributed by atoms with Gasteiger partial charge in [0.2, 0.25) is 0 Å². The van der Waals surface area contributed by atoms with Crippen LogP contribution in [0.4, 0.5) is 5.82 Å². The van der Waals surface area contributed by atoms with Gasteiger partial charge in [-0.15, -0.1) is 0 Å². The molecule has 1 aliphatic carbocycles. The summed E-state index contributed by atoms with van der Waals surface area (Å²) in [4.78, 5) is 17.4. The highest BCUT2D eigenvalue weighted by Crippen LogP contribution is 2.45. The molecule has 1 fully saturated rings. The summed E-state index contributed by atoms with van der Waals surface area (Å²) in [5.74, 6) is 0.825. The van der Waals surface area contributed by atoms with Crippen molar-refractivity contribution in [3.8, 4) is 0 Å². The first-order valence-corrected chi connectivity index (χ1v) is 8.99. The quantitative estimate of drug-likeness (QED) is 0.918. The number of nitrogens with zero attached hydrogens (tertiary/aromatic N) is 4. The topological polar surface area (TPSA) is 68.0 Å². The highest BCUT2D eigenvalue weighted by molar-refractivity contribution is 8.14. The van der Waals surface area contributed by atoms with Gasteiger partial charge in [-0.05, 0) is 26.7 Å². The van der Waals surface area contributed by atoms with Crippen molar-refractivity contribution in [2.45, 2.75) is 50.8 Å². The molecule has 2 aromatic heterocycles. The number of nitrogens with one attached hydrogen (secondary N) is 1. The Morgan fingerprint density at radius 3 is 2.70 bits per heavy atom. The minimum absolute atomic E-state index is 0.0103. The molecule has 1 saturated carbocycles. The Morgan fingerprint density at radius 1 is 1.30 bits per heavy atom. The van der Waals surface area contributed by atoms with Gasteiger partial charge in [0.15, 0.2) is 5.82 Å². The highest BCUT2D eigenvalue weighted by Gasteiger charge is 2.34. The average Bonchev–Trinajstić information content (AvgIpc) is 3.21. The number of aromatic amines is 1. The number of H-pyrrole nitrogens is 1. The van der Waals surface area contributed by atoms with Crippen LogP contribution in [0.15, 0.2) is 16.0 Å². The minimum Gasteiger partial charge on any atom is -0.273 e. The molecule has 23 heavy (non-hydrogen) atoms. The fourth-order valence-corrected chi connectivity index (χ4v) is 4.80. The summed E-state index contributed by atoms with van der Waals surface area (Å²) in [7, 11) is 1.93. The molecular formula is C16H21N5OS. The Labute approximate surface area is 139 Å². The number of aryl methyl sites for hydroxylation is 1. The van der Waals surface area contributed by atoms with Gasteiger partial charge in [0, 0.05) is 18.3 Å². The van der Waals surface area contributed by atoms with Crippen LogP contribution in [0.25, 0.3) is 0 Å². The van der Waals surface area contributed by atoms with Crippen LogP contribution < -0.4 is 5.56 Å². The van der Waals surface area contributed by atoms with Crippen LogP contribution >= 0.6 is 11.8 Å². The molecule has 0 saturated heterocycles. The van der Waals surface area contributed by atoms with E-state index in [1.807, 2.05) is 36.5 Å². The molecule has 3 heterocycles. The van der Waals surface area contributed by atoms with Gasteiger partial charge < -0.3 is 0 Å². The Balaban J connectivity index is 1.87. The lowest BCUT2D eigenvalue weighted by atomic mass is 10.1. The first-order chi connectivity index (χ1) is 11.1. The molecule has 0 radical (unpaired) electrons. The molecule has 2 aliphatic rings. The van der Waals surface area contributed by atoms with Crippen molar-refractivity contribution in [1.82, 2.24) is 19.6 Å². The van der Waals surface area contributed by atoms with Crippen LogP contribution in [0.3, 0.4) is 0 Å². The van der Waals surface area contributed by atoms with Crippen molar-refractivity contribution in [3.63, 3.8) is 0 Å². The van der Waals surface area contributed by atoms with Crippen molar-refractivity contribution in [2.75, 3.05) is 0 Å². The van der Waals surface area contributed by atoms with E-state index in [-0.39, 0.29) is 10.8 Å². The third-order valence-corrected chi connectivity index (χ3v) is 6.15. The molecule has 0 spiro atoms. The van der Waals surface area contributed by atoms with E-state index in [2.05, 4.69) is 10.2 Å². The number of rotatable bonds is 2. The standard InChI is InChI=1S/C16H21N5OS/c1-9-12(8-17-20(9)3)14-13-15(18-10(2)23-14)21(19-16(13)22)11-6-4-5-7-11/h8,11,14H,4-7H2,1-3H3,(H,19,22)/t14-/m0/s1. The normalized spacial score (nSPS) is 21.5. The highest BCUT2D eigenvalue weighted by atomic mass is 32.2. The van der Waals surface area contributed by atoms with Crippen molar-refractivity contribution in [2.24, 2.45) is 12.0 Å². The lowest BCUT2D eigenvalue weighted by Crippen LogP contribution is -2.14. The molecular weight excluding hydrogens is 310 g/mol.